The van der Waals surface area contributed by atoms with Gasteiger partial charge in [0, 0.05) is 24.4 Å². The average molecular weight is 358 g/mol. The van der Waals surface area contributed by atoms with Gasteiger partial charge in [-0.05, 0) is 24.3 Å². The molecule has 0 bridgehead atoms. The minimum Gasteiger partial charge on any atom is -0.454 e. The molecule has 1 aliphatic rings. The van der Waals surface area contributed by atoms with E-state index < -0.39 is 10.0 Å². The van der Waals surface area contributed by atoms with Crippen molar-refractivity contribution in [1.29, 1.82) is 0 Å². The van der Waals surface area contributed by atoms with Crippen molar-refractivity contribution < 1.29 is 17.9 Å². The van der Waals surface area contributed by atoms with Crippen LogP contribution in [-0.2, 0) is 17.1 Å². The van der Waals surface area contributed by atoms with E-state index in [4.69, 9.17) is 9.47 Å². The van der Waals surface area contributed by atoms with Crippen LogP contribution >= 0.6 is 0 Å². The summed E-state index contributed by atoms with van der Waals surface area (Å²) in [5, 5.41) is 7.86. The lowest BCUT2D eigenvalue weighted by Crippen LogP contribution is -2.13. The molecule has 1 N–H and O–H groups in total. The highest BCUT2D eigenvalue weighted by atomic mass is 32.2. The number of anilines is 1. The van der Waals surface area contributed by atoms with Gasteiger partial charge in [-0.15, -0.1) is 10.2 Å². The zero-order valence-corrected chi connectivity index (χ0v) is 14.0. The fourth-order valence-electron chi connectivity index (χ4n) is 2.52. The Kier molecular flexibility index (Phi) is 3.57. The van der Waals surface area contributed by atoms with Crippen molar-refractivity contribution in [3.63, 3.8) is 0 Å². The number of rotatable bonds is 4. The van der Waals surface area contributed by atoms with E-state index in [-0.39, 0.29) is 11.7 Å². The lowest BCUT2D eigenvalue weighted by atomic mass is 10.2. The van der Waals surface area contributed by atoms with Crippen molar-refractivity contribution in [2.24, 2.45) is 7.05 Å². The second kappa shape index (κ2) is 5.78. The molecule has 0 atom stereocenters. The first-order valence-electron chi connectivity index (χ1n) is 7.40. The van der Waals surface area contributed by atoms with Gasteiger partial charge < -0.3 is 14.0 Å². The minimum atomic E-state index is -3.76. The number of nitrogens with one attached hydrogen (secondary N) is 1. The maximum Gasteiger partial charge on any atom is 0.262 e. The summed E-state index contributed by atoms with van der Waals surface area (Å²) in [6, 6.07) is 11.5. The molecule has 0 fully saturated rings. The monoisotopic (exact) mass is 358 g/mol. The molecule has 2 heterocycles. The first kappa shape index (κ1) is 15.5. The molecule has 128 valence electrons. The Hall–Kier alpha value is -3.07. The molecule has 0 saturated carbocycles. The fraction of sp³-hybridized carbons (Fsp3) is 0.125. The number of hydrogen-bond donors (Lipinski definition) is 1. The van der Waals surface area contributed by atoms with Gasteiger partial charge in [0.25, 0.3) is 10.0 Å². The molecule has 0 aliphatic carbocycles. The Bertz CT molecular complexity index is 1050. The summed E-state index contributed by atoms with van der Waals surface area (Å²) < 4.78 is 40.0. The molecule has 8 nitrogen and oxygen atoms in total. The van der Waals surface area contributed by atoms with E-state index in [0.717, 1.165) is 5.56 Å². The summed E-state index contributed by atoms with van der Waals surface area (Å²) >= 11 is 0. The molecule has 2 aromatic carbocycles. The van der Waals surface area contributed by atoms with Gasteiger partial charge in [-0.25, -0.2) is 8.42 Å². The van der Waals surface area contributed by atoms with Gasteiger partial charge >= 0.3 is 0 Å². The van der Waals surface area contributed by atoms with Gasteiger partial charge in [-0.3, -0.25) is 4.72 Å². The second-order valence-electron chi connectivity index (χ2n) is 5.47. The number of sulfonamides is 1. The maximum absolute atomic E-state index is 12.6. The van der Waals surface area contributed by atoms with Crippen LogP contribution in [0.4, 0.5) is 5.69 Å². The number of aryl methyl sites for hydroxylation is 1. The summed E-state index contributed by atoms with van der Waals surface area (Å²) in [6.45, 7) is 0.0893. The minimum absolute atomic E-state index is 0.0893. The molecule has 0 spiro atoms. The van der Waals surface area contributed by atoms with Crippen LogP contribution in [0.1, 0.15) is 0 Å². The van der Waals surface area contributed by atoms with E-state index in [0.29, 0.717) is 23.0 Å². The zero-order chi connectivity index (χ0) is 17.4. The molecule has 0 saturated heterocycles. The van der Waals surface area contributed by atoms with Crippen LogP contribution in [0, 0.1) is 0 Å². The number of hydrogen-bond acceptors (Lipinski definition) is 6. The molecule has 1 aliphatic heterocycles. The lowest BCUT2D eigenvalue weighted by Gasteiger charge is -2.10. The van der Waals surface area contributed by atoms with Crippen molar-refractivity contribution in [1.82, 2.24) is 14.8 Å². The Morgan fingerprint density at radius 3 is 2.76 bits per heavy atom. The zero-order valence-electron chi connectivity index (χ0n) is 13.2. The largest absolute Gasteiger partial charge is 0.454 e. The molecular weight excluding hydrogens is 344 g/mol. The van der Waals surface area contributed by atoms with E-state index in [1.165, 1.54) is 12.1 Å². The molecule has 0 radical (unpaired) electrons. The molecule has 0 amide bonds. The van der Waals surface area contributed by atoms with Gasteiger partial charge in [0.15, 0.2) is 17.3 Å². The molecule has 9 heteroatoms. The third kappa shape index (κ3) is 2.89. The number of fused-ring (bicyclic) bond motifs is 1. The smallest absolute Gasteiger partial charge is 0.262 e. The van der Waals surface area contributed by atoms with Crippen molar-refractivity contribution in [3.8, 4) is 22.9 Å². The topological polar surface area (TPSA) is 95.3 Å². The standard InChI is InChI=1S/C16H14N4O4S/c1-20-9-17-18-16(20)11-3-2-4-12(7-11)19-25(21,22)13-5-6-14-15(8-13)24-10-23-14/h2-9,19H,10H2,1H3. The Morgan fingerprint density at radius 2 is 1.96 bits per heavy atom. The first-order valence-corrected chi connectivity index (χ1v) is 8.88. The highest BCUT2D eigenvalue weighted by molar-refractivity contribution is 7.92. The van der Waals surface area contributed by atoms with Crippen LogP contribution in [0.15, 0.2) is 53.7 Å². The maximum atomic E-state index is 12.6. The van der Waals surface area contributed by atoms with Gasteiger partial charge in [-0.1, -0.05) is 12.1 Å². The van der Waals surface area contributed by atoms with E-state index in [1.807, 2.05) is 13.1 Å². The molecular formula is C16H14N4O4S. The summed E-state index contributed by atoms with van der Waals surface area (Å²) in [6.07, 6.45) is 1.58. The normalized spacial score (nSPS) is 13.0. The highest BCUT2D eigenvalue weighted by Crippen LogP contribution is 2.34. The number of nitrogens with zero attached hydrogens (tertiary/aromatic N) is 3. The van der Waals surface area contributed by atoms with Crippen LogP contribution in [0.5, 0.6) is 11.5 Å². The van der Waals surface area contributed by atoms with Gasteiger partial charge in [0.05, 0.1) is 4.90 Å². The van der Waals surface area contributed by atoms with E-state index >= 15 is 0 Å². The van der Waals surface area contributed by atoms with Crippen molar-refractivity contribution in [3.05, 3.63) is 48.8 Å². The van der Waals surface area contributed by atoms with Crippen molar-refractivity contribution >= 4 is 15.7 Å². The summed E-state index contributed by atoms with van der Waals surface area (Å²) in [4.78, 5) is 0.0980. The van der Waals surface area contributed by atoms with Crippen LogP contribution in [-0.4, -0.2) is 30.0 Å². The number of aromatic nitrogens is 3. The second-order valence-corrected chi connectivity index (χ2v) is 7.15. The average Bonchev–Trinajstić information content (AvgIpc) is 3.22. The van der Waals surface area contributed by atoms with E-state index in [9.17, 15) is 8.42 Å². The number of benzene rings is 2. The van der Waals surface area contributed by atoms with E-state index in [1.54, 1.807) is 35.2 Å². The van der Waals surface area contributed by atoms with E-state index in [2.05, 4.69) is 14.9 Å². The predicted octanol–water partition coefficient (Wildman–Crippen LogP) is 2.01. The van der Waals surface area contributed by atoms with Gasteiger partial charge in [0.2, 0.25) is 6.79 Å². The molecule has 25 heavy (non-hydrogen) atoms. The van der Waals surface area contributed by atoms with Gasteiger partial charge in [-0.2, -0.15) is 0 Å². The summed E-state index contributed by atoms with van der Waals surface area (Å²) in [5.41, 5.74) is 1.18. The Labute approximate surface area is 144 Å². The fourth-order valence-corrected chi connectivity index (χ4v) is 3.59. The summed E-state index contributed by atoms with van der Waals surface area (Å²) in [7, 11) is -1.94. The van der Waals surface area contributed by atoms with Crippen LogP contribution < -0.4 is 14.2 Å². The SMILES string of the molecule is Cn1cnnc1-c1cccc(NS(=O)(=O)c2ccc3c(c2)OCO3)c1. The van der Waals surface area contributed by atoms with Crippen LogP contribution in [0.3, 0.4) is 0 Å². The molecule has 4 rings (SSSR count). The number of ether oxygens (including phenoxy) is 2. The Balaban J connectivity index is 1.64. The quantitative estimate of drug-likeness (QED) is 0.766. The van der Waals surface area contributed by atoms with Crippen molar-refractivity contribution in [2.45, 2.75) is 4.90 Å². The predicted molar refractivity (Wildman–Crippen MR) is 89.8 cm³/mol. The van der Waals surface area contributed by atoms with Crippen LogP contribution in [0.25, 0.3) is 11.4 Å². The third-order valence-electron chi connectivity index (χ3n) is 3.74. The summed E-state index contributed by atoms with van der Waals surface area (Å²) in [5.74, 6) is 1.59. The first-order chi connectivity index (χ1) is 12.0. The molecule has 0 unspecified atom stereocenters. The molecule has 3 aromatic rings. The van der Waals surface area contributed by atoms with Crippen molar-refractivity contribution in [2.75, 3.05) is 11.5 Å². The third-order valence-corrected chi connectivity index (χ3v) is 5.12. The Morgan fingerprint density at radius 1 is 1.12 bits per heavy atom. The molecule has 1 aromatic heterocycles. The van der Waals surface area contributed by atoms with Gasteiger partial charge in [0.1, 0.15) is 6.33 Å². The van der Waals surface area contributed by atoms with Crippen LogP contribution in [0.2, 0.25) is 0 Å². The highest BCUT2D eigenvalue weighted by Gasteiger charge is 2.20. The lowest BCUT2D eigenvalue weighted by molar-refractivity contribution is 0.174.